The molecule has 0 aromatic rings. The third-order valence-corrected chi connectivity index (χ3v) is 6.90. The van der Waals surface area contributed by atoms with Crippen molar-refractivity contribution in [3.8, 4) is 0 Å². The molecule has 0 spiro atoms. The first-order chi connectivity index (χ1) is 15.1. The van der Waals surface area contributed by atoms with Crippen LogP contribution >= 0.6 is 24.4 Å². The summed E-state index contributed by atoms with van der Waals surface area (Å²) in [5, 5.41) is 16.1. The Bertz CT molecular complexity index is 779. The Morgan fingerprint density at radius 1 is 1.19 bits per heavy atom. The van der Waals surface area contributed by atoms with Crippen LogP contribution in [0.3, 0.4) is 0 Å². The molecular weight excluding hydrogens is 448 g/mol. The molecule has 2 N–H and O–H groups in total. The number of thioether (sulfide) groups is 1. The molecule has 0 bridgehead atoms. The fraction of sp³-hybridized carbons (Fsp3) is 0.625. The van der Waals surface area contributed by atoms with Gasteiger partial charge in [-0.1, -0.05) is 11.1 Å². The van der Waals surface area contributed by atoms with Gasteiger partial charge in [0.15, 0.2) is 17.9 Å². The van der Waals surface area contributed by atoms with Crippen LogP contribution in [-0.2, 0) is 19.1 Å². The van der Waals surface area contributed by atoms with Gasteiger partial charge in [-0.25, -0.2) is 0 Å². The molecule has 1 unspecified atom stereocenters. The van der Waals surface area contributed by atoms with Crippen LogP contribution in [0.2, 0.25) is 0 Å². The lowest BCUT2D eigenvalue weighted by Crippen LogP contribution is -2.23. The Morgan fingerprint density at radius 3 is 2.41 bits per heavy atom. The molecule has 8 heteroatoms. The Hall–Kier alpha value is -1.35. The summed E-state index contributed by atoms with van der Waals surface area (Å²) in [6, 6.07) is 0. The monoisotopic (exact) mass is 484 g/mol. The van der Waals surface area contributed by atoms with Crippen LogP contribution in [0.1, 0.15) is 66.2 Å². The minimum Gasteiger partial charge on any atom is -0.466 e. The standard InChI is InChI=1S/C11H14OS.C10H14O3.C3H8O2S/c1-7-3-4-10-11(8(7)2)9(12)5-6-13-10;1-3-13-10(12)9-5-4-8(11)6-7(9)2;4-3(5)1-2-6/h3-6H2,1-2H3;6,9H,3-5H2,1-2H3;3-6H,1-2H2. The van der Waals surface area contributed by atoms with Gasteiger partial charge >= 0.3 is 5.97 Å². The first-order valence-electron chi connectivity index (χ1n) is 11.0. The maximum Gasteiger partial charge on any atom is 0.313 e. The van der Waals surface area contributed by atoms with Crippen LogP contribution in [0.15, 0.2) is 33.3 Å². The number of aliphatic hydroxyl groups excluding tert-OH is 1. The van der Waals surface area contributed by atoms with E-state index in [0.717, 1.165) is 36.2 Å². The number of ether oxygens (including phenoxy) is 1. The van der Waals surface area contributed by atoms with Gasteiger partial charge in [-0.3, -0.25) is 14.4 Å². The highest BCUT2D eigenvalue weighted by Crippen LogP contribution is 2.40. The number of hydrogen-bond acceptors (Lipinski definition) is 8. The zero-order valence-corrected chi connectivity index (χ0v) is 21.2. The third-order valence-electron chi connectivity index (χ3n) is 5.48. The van der Waals surface area contributed by atoms with Crippen LogP contribution in [0.4, 0.5) is 0 Å². The molecule has 0 radical (unpaired) electrons. The van der Waals surface area contributed by atoms with E-state index in [-0.39, 0.29) is 17.7 Å². The lowest BCUT2D eigenvalue weighted by atomic mass is 9.88. The van der Waals surface area contributed by atoms with E-state index in [0.29, 0.717) is 37.4 Å². The van der Waals surface area contributed by atoms with Gasteiger partial charge < -0.3 is 14.9 Å². The first kappa shape index (κ1) is 28.7. The molecule has 0 saturated carbocycles. The zero-order chi connectivity index (χ0) is 24.3. The molecule has 32 heavy (non-hydrogen) atoms. The summed E-state index contributed by atoms with van der Waals surface area (Å²) in [6.07, 6.45) is 4.74. The second-order valence-electron chi connectivity index (χ2n) is 7.92. The summed E-state index contributed by atoms with van der Waals surface area (Å²) in [5.74, 6) is 1.59. The summed E-state index contributed by atoms with van der Waals surface area (Å²) in [5.41, 5.74) is 4.53. The smallest absolute Gasteiger partial charge is 0.313 e. The lowest BCUT2D eigenvalue weighted by molar-refractivity contribution is -0.147. The van der Waals surface area contributed by atoms with Gasteiger partial charge in [-0.05, 0) is 69.3 Å². The van der Waals surface area contributed by atoms with E-state index in [1.54, 1.807) is 19.9 Å². The largest absolute Gasteiger partial charge is 0.466 e. The van der Waals surface area contributed by atoms with Crippen molar-refractivity contribution in [1.29, 1.82) is 0 Å². The molecule has 3 rings (SSSR count). The number of allylic oxidation sites excluding steroid dienone is 5. The number of thiol groups is 1. The van der Waals surface area contributed by atoms with E-state index >= 15 is 0 Å². The van der Waals surface area contributed by atoms with Crippen molar-refractivity contribution in [2.24, 2.45) is 5.92 Å². The average molecular weight is 485 g/mol. The first-order valence-corrected chi connectivity index (χ1v) is 12.6. The van der Waals surface area contributed by atoms with Gasteiger partial charge in [0.25, 0.3) is 0 Å². The fourth-order valence-corrected chi connectivity index (χ4v) is 4.96. The summed E-state index contributed by atoms with van der Waals surface area (Å²) >= 11 is 5.62. The molecule has 180 valence electrons. The lowest BCUT2D eigenvalue weighted by Gasteiger charge is -2.25. The van der Waals surface area contributed by atoms with Gasteiger partial charge in [0.05, 0.1) is 12.5 Å². The number of rotatable bonds is 4. The summed E-state index contributed by atoms with van der Waals surface area (Å²) in [7, 11) is 0. The second kappa shape index (κ2) is 14.7. The molecular formula is C24H36O6S2. The van der Waals surface area contributed by atoms with E-state index in [2.05, 4.69) is 26.5 Å². The van der Waals surface area contributed by atoms with Crippen LogP contribution in [-0.4, -0.2) is 52.2 Å². The predicted molar refractivity (Wildman–Crippen MR) is 132 cm³/mol. The predicted octanol–water partition coefficient (Wildman–Crippen LogP) is 4.17. The van der Waals surface area contributed by atoms with Crippen molar-refractivity contribution in [2.75, 3.05) is 18.1 Å². The molecule has 0 aromatic carbocycles. The van der Waals surface area contributed by atoms with Crippen LogP contribution < -0.4 is 0 Å². The summed E-state index contributed by atoms with van der Waals surface area (Å²) < 4.78 is 4.90. The van der Waals surface area contributed by atoms with Crippen molar-refractivity contribution in [3.05, 3.63) is 33.3 Å². The number of hydrogen-bond donors (Lipinski definition) is 3. The quantitative estimate of drug-likeness (QED) is 0.313. The topological polar surface area (TPSA) is 101 Å². The highest BCUT2D eigenvalue weighted by molar-refractivity contribution is 8.03. The number of carbonyl (C=O) groups is 3. The van der Waals surface area contributed by atoms with Crippen LogP contribution in [0.25, 0.3) is 0 Å². The molecule has 1 atom stereocenters. The van der Waals surface area contributed by atoms with Crippen molar-refractivity contribution in [3.63, 3.8) is 0 Å². The van der Waals surface area contributed by atoms with Gasteiger partial charge in [0, 0.05) is 30.6 Å². The van der Waals surface area contributed by atoms with Gasteiger partial charge in [-0.2, -0.15) is 12.6 Å². The van der Waals surface area contributed by atoms with Gasteiger partial charge in [-0.15, -0.1) is 11.8 Å². The van der Waals surface area contributed by atoms with Crippen molar-refractivity contribution < 1.29 is 29.3 Å². The zero-order valence-electron chi connectivity index (χ0n) is 19.5. The molecule has 3 aliphatic rings. The second-order valence-corrected chi connectivity index (χ2v) is 9.55. The Kier molecular flexibility index (Phi) is 13.2. The number of carbonyl (C=O) groups excluding carboxylic acids is 3. The molecule has 0 saturated heterocycles. The molecule has 2 aliphatic carbocycles. The Morgan fingerprint density at radius 2 is 1.88 bits per heavy atom. The molecule has 6 nitrogen and oxygen atoms in total. The van der Waals surface area contributed by atoms with Gasteiger partial charge in [0.1, 0.15) is 0 Å². The Labute approximate surface area is 201 Å². The van der Waals surface area contributed by atoms with E-state index in [1.165, 1.54) is 16.1 Å². The minimum absolute atomic E-state index is 0.109. The average Bonchev–Trinajstić information content (AvgIpc) is 2.72. The molecule has 0 amide bonds. The normalized spacial score (nSPS) is 20.6. The van der Waals surface area contributed by atoms with Crippen molar-refractivity contribution in [1.82, 2.24) is 0 Å². The number of ketones is 2. The minimum atomic E-state index is -1.18. The van der Waals surface area contributed by atoms with Crippen molar-refractivity contribution >= 4 is 41.9 Å². The Balaban J connectivity index is 0.000000258. The molecule has 1 heterocycles. The number of Topliss-reactive ketones (excluding diaryl/α,β-unsaturated/α-hetero) is 1. The van der Waals surface area contributed by atoms with E-state index < -0.39 is 6.29 Å². The van der Waals surface area contributed by atoms with E-state index in [4.69, 9.17) is 14.9 Å². The maximum atomic E-state index is 11.7. The fourth-order valence-electron chi connectivity index (χ4n) is 3.54. The number of aliphatic hydroxyl groups is 2. The maximum absolute atomic E-state index is 11.7. The van der Waals surface area contributed by atoms with Gasteiger partial charge in [0.2, 0.25) is 0 Å². The highest BCUT2D eigenvalue weighted by Gasteiger charge is 2.26. The molecule has 0 fully saturated rings. The third kappa shape index (κ3) is 9.25. The van der Waals surface area contributed by atoms with Crippen LogP contribution in [0.5, 0.6) is 0 Å². The van der Waals surface area contributed by atoms with Crippen LogP contribution in [0, 0.1) is 5.92 Å². The molecule has 0 aromatic heterocycles. The van der Waals surface area contributed by atoms with Crippen molar-refractivity contribution in [2.45, 2.75) is 72.5 Å². The SMILES string of the molecule is CC1=C(C)C2=C(CC1)SCCC2=O.CCOC(=O)C1CCC(=O)C=C1C.OC(O)CCS. The summed E-state index contributed by atoms with van der Waals surface area (Å²) in [6.45, 7) is 8.22. The highest BCUT2D eigenvalue weighted by atomic mass is 32.2. The molecule has 1 aliphatic heterocycles. The van der Waals surface area contributed by atoms with E-state index in [9.17, 15) is 14.4 Å². The number of esters is 1. The van der Waals surface area contributed by atoms with E-state index in [1.807, 2.05) is 11.8 Å². The summed E-state index contributed by atoms with van der Waals surface area (Å²) in [4.78, 5) is 35.3.